The van der Waals surface area contributed by atoms with E-state index in [-0.39, 0.29) is 0 Å². The number of aromatic nitrogens is 1. The summed E-state index contributed by atoms with van der Waals surface area (Å²) in [4.78, 5) is 2.55. The number of hydrogen-bond donors (Lipinski definition) is 1. The van der Waals surface area contributed by atoms with Gasteiger partial charge in [0.05, 0.1) is 0 Å². The van der Waals surface area contributed by atoms with Crippen molar-refractivity contribution in [3.05, 3.63) is 35.3 Å². The Morgan fingerprint density at radius 3 is 2.58 bits per heavy atom. The first-order chi connectivity index (χ1) is 9.24. The minimum atomic E-state index is 0.371. The van der Waals surface area contributed by atoms with Crippen LogP contribution in [0.3, 0.4) is 0 Å². The molecule has 1 saturated heterocycles. The first kappa shape index (κ1) is 12.9. The zero-order valence-electron chi connectivity index (χ0n) is 11.4. The second-order valence-corrected chi connectivity index (χ2v) is 6.00. The fourth-order valence-electron chi connectivity index (χ4n) is 3.64. The van der Waals surface area contributed by atoms with E-state index in [0.717, 1.165) is 42.8 Å². The highest BCUT2D eigenvalue weighted by atomic mass is 16.5. The Morgan fingerprint density at radius 1 is 1.16 bits per heavy atom. The zero-order chi connectivity index (χ0) is 13.2. The van der Waals surface area contributed by atoms with Crippen LogP contribution in [0.2, 0.25) is 0 Å². The van der Waals surface area contributed by atoms with Gasteiger partial charge in [0.2, 0.25) is 0 Å². The lowest BCUT2D eigenvalue weighted by Crippen LogP contribution is -2.40. The summed E-state index contributed by atoms with van der Waals surface area (Å²) < 4.78 is 1.04. The Balaban J connectivity index is 1.59. The van der Waals surface area contributed by atoms with Crippen molar-refractivity contribution in [2.24, 2.45) is 5.73 Å². The summed E-state index contributed by atoms with van der Waals surface area (Å²) in [6.07, 6.45) is 7.41. The Kier molecular flexibility index (Phi) is 3.71. The fourth-order valence-corrected chi connectivity index (χ4v) is 3.64. The lowest BCUT2D eigenvalue weighted by atomic mass is 9.83. The van der Waals surface area contributed by atoms with Gasteiger partial charge in [0.25, 0.3) is 0 Å². The summed E-state index contributed by atoms with van der Waals surface area (Å²) in [5.74, 6) is 0.436. The molecule has 0 radical (unpaired) electrons. The third-order valence-electron chi connectivity index (χ3n) is 4.74. The first-order valence-electron chi connectivity index (χ1n) is 7.42. The standard InChI is InChI=1S/C15H23N3O/c16-13-8-10-17(11-13)14-6-4-12(5-7-14)15-3-1-2-9-18(15)19/h1-3,9,12-14H,4-8,10-11,16H2/t12?,13-,14?/m1/s1. The molecule has 1 aromatic heterocycles. The first-order valence-corrected chi connectivity index (χ1v) is 7.42. The number of hydrogen-bond acceptors (Lipinski definition) is 3. The summed E-state index contributed by atoms with van der Waals surface area (Å²) in [5, 5.41) is 11.8. The van der Waals surface area contributed by atoms with Gasteiger partial charge < -0.3 is 10.9 Å². The monoisotopic (exact) mass is 261 g/mol. The predicted octanol–water partition coefficient (Wildman–Crippen LogP) is 1.38. The Morgan fingerprint density at radius 2 is 1.95 bits per heavy atom. The average Bonchev–Trinajstić information content (AvgIpc) is 2.86. The van der Waals surface area contributed by atoms with Crippen LogP contribution < -0.4 is 10.5 Å². The van der Waals surface area contributed by atoms with Crippen LogP contribution >= 0.6 is 0 Å². The largest absolute Gasteiger partial charge is 0.618 e. The van der Waals surface area contributed by atoms with Crippen molar-refractivity contribution in [3.63, 3.8) is 0 Å². The molecule has 0 spiro atoms. The van der Waals surface area contributed by atoms with E-state index in [9.17, 15) is 5.21 Å². The molecule has 4 nitrogen and oxygen atoms in total. The molecule has 0 aromatic carbocycles. The van der Waals surface area contributed by atoms with Crippen LogP contribution in [0.15, 0.2) is 24.4 Å². The molecule has 1 atom stereocenters. The molecule has 3 rings (SSSR count). The average molecular weight is 261 g/mol. The topological polar surface area (TPSA) is 56.2 Å². The molecule has 104 valence electrons. The molecule has 2 heterocycles. The third kappa shape index (κ3) is 2.74. The molecule has 0 amide bonds. The van der Waals surface area contributed by atoms with Gasteiger partial charge in [-0.2, -0.15) is 4.73 Å². The molecule has 0 bridgehead atoms. The van der Waals surface area contributed by atoms with Crippen LogP contribution in [0.5, 0.6) is 0 Å². The van der Waals surface area contributed by atoms with Crippen LogP contribution in [0.4, 0.5) is 0 Å². The van der Waals surface area contributed by atoms with E-state index in [1.807, 2.05) is 12.1 Å². The van der Waals surface area contributed by atoms with Gasteiger partial charge in [-0.1, -0.05) is 6.07 Å². The number of pyridine rings is 1. The summed E-state index contributed by atoms with van der Waals surface area (Å²) in [6, 6.07) is 6.80. The van der Waals surface area contributed by atoms with E-state index in [1.165, 1.54) is 12.8 Å². The number of likely N-dealkylation sites (tertiary alicyclic amines) is 1. The minimum absolute atomic E-state index is 0.371. The molecule has 4 heteroatoms. The van der Waals surface area contributed by atoms with Crippen molar-refractivity contribution in [1.29, 1.82) is 0 Å². The van der Waals surface area contributed by atoms with Crippen molar-refractivity contribution >= 4 is 0 Å². The van der Waals surface area contributed by atoms with Crippen LogP contribution in [-0.2, 0) is 0 Å². The maximum absolute atomic E-state index is 11.8. The molecular weight excluding hydrogens is 238 g/mol. The second kappa shape index (κ2) is 5.47. The van der Waals surface area contributed by atoms with Crippen LogP contribution in [-0.4, -0.2) is 30.1 Å². The molecule has 1 aliphatic carbocycles. The van der Waals surface area contributed by atoms with E-state index in [0.29, 0.717) is 18.0 Å². The summed E-state index contributed by atoms with van der Waals surface area (Å²) in [6.45, 7) is 2.21. The van der Waals surface area contributed by atoms with E-state index < -0.39 is 0 Å². The predicted molar refractivity (Wildman–Crippen MR) is 74.6 cm³/mol. The molecule has 1 saturated carbocycles. The Bertz CT molecular complexity index is 429. The normalized spacial score (nSPS) is 32.6. The Hall–Kier alpha value is -1.13. The van der Waals surface area contributed by atoms with Gasteiger partial charge in [0.1, 0.15) is 0 Å². The summed E-state index contributed by atoms with van der Waals surface area (Å²) in [5.41, 5.74) is 6.93. The van der Waals surface area contributed by atoms with Crippen LogP contribution in [0.1, 0.15) is 43.7 Å². The summed E-state index contributed by atoms with van der Waals surface area (Å²) in [7, 11) is 0. The maximum Gasteiger partial charge on any atom is 0.195 e. The number of nitrogens with two attached hydrogens (primary N) is 1. The molecule has 1 aliphatic heterocycles. The quantitative estimate of drug-likeness (QED) is 0.646. The van der Waals surface area contributed by atoms with Crippen molar-refractivity contribution in [2.75, 3.05) is 13.1 Å². The molecule has 0 unspecified atom stereocenters. The van der Waals surface area contributed by atoms with Crippen molar-refractivity contribution in [1.82, 2.24) is 4.90 Å². The van der Waals surface area contributed by atoms with Gasteiger partial charge in [-0.25, -0.2) is 0 Å². The van der Waals surface area contributed by atoms with Gasteiger partial charge in [-0.15, -0.1) is 0 Å². The molecule has 2 N–H and O–H groups in total. The van der Waals surface area contributed by atoms with Gasteiger partial charge in [-0.05, 0) is 32.1 Å². The summed E-state index contributed by atoms with van der Waals surface area (Å²) >= 11 is 0. The van der Waals surface area contributed by atoms with Gasteiger partial charge >= 0.3 is 0 Å². The van der Waals surface area contributed by atoms with Crippen molar-refractivity contribution in [3.8, 4) is 0 Å². The highest BCUT2D eigenvalue weighted by Gasteiger charge is 2.32. The lowest BCUT2D eigenvalue weighted by Gasteiger charge is -2.33. The van der Waals surface area contributed by atoms with Gasteiger partial charge in [0.15, 0.2) is 11.9 Å². The van der Waals surface area contributed by atoms with Crippen LogP contribution in [0, 0.1) is 5.21 Å². The number of rotatable bonds is 2. The number of nitrogens with zero attached hydrogens (tertiary/aromatic N) is 2. The van der Waals surface area contributed by atoms with Gasteiger partial charge in [-0.3, -0.25) is 4.90 Å². The van der Waals surface area contributed by atoms with E-state index in [4.69, 9.17) is 5.73 Å². The fraction of sp³-hybridized carbons (Fsp3) is 0.667. The molecule has 19 heavy (non-hydrogen) atoms. The van der Waals surface area contributed by atoms with Crippen LogP contribution in [0.25, 0.3) is 0 Å². The SMILES string of the molecule is N[C@@H]1CCN(C2CCC(c3cccc[n+]3[O-])CC2)C1. The minimum Gasteiger partial charge on any atom is -0.618 e. The molecule has 1 aromatic rings. The molecule has 2 aliphatic rings. The highest BCUT2D eigenvalue weighted by molar-refractivity contribution is 5.06. The van der Waals surface area contributed by atoms with E-state index in [2.05, 4.69) is 4.90 Å². The second-order valence-electron chi connectivity index (χ2n) is 6.00. The van der Waals surface area contributed by atoms with E-state index >= 15 is 0 Å². The smallest absolute Gasteiger partial charge is 0.195 e. The highest BCUT2D eigenvalue weighted by Crippen LogP contribution is 2.34. The van der Waals surface area contributed by atoms with Crippen molar-refractivity contribution in [2.45, 2.75) is 50.1 Å². The van der Waals surface area contributed by atoms with Gasteiger partial charge in [0, 0.05) is 43.2 Å². The maximum atomic E-state index is 11.8. The zero-order valence-corrected chi connectivity index (χ0v) is 11.4. The molecular formula is C15H23N3O. The van der Waals surface area contributed by atoms with Crippen molar-refractivity contribution < 1.29 is 4.73 Å². The lowest BCUT2D eigenvalue weighted by molar-refractivity contribution is -0.616. The van der Waals surface area contributed by atoms with E-state index in [1.54, 1.807) is 12.3 Å². The Labute approximate surface area is 114 Å². The molecule has 2 fully saturated rings. The third-order valence-corrected chi connectivity index (χ3v) is 4.74.